The average Bonchev–Trinajstić information content (AvgIpc) is 2.60. The third kappa shape index (κ3) is 5.04. The molecule has 1 amide bonds. The molecule has 0 fully saturated rings. The van der Waals surface area contributed by atoms with Gasteiger partial charge >= 0.3 is 5.97 Å². The lowest BCUT2D eigenvalue weighted by molar-refractivity contribution is -0.122. The van der Waals surface area contributed by atoms with Crippen LogP contribution in [0.15, 0.2) is 36.4 Å². The van der Waals surface area contributed by atoms with Gasteiger partial charge in [0, 0.05) is 6.07 Å². The summed E-state index contributed by atoms with van der Waals surface area (Å²) in [6.45, 7) is 3.48. The van der Waals surface area contributed by atoms with Crippen molar-refractivity contribution in [2.75, 3.05) is 11.9 Å². The molecule has 0 aromatic heterocycles. The van der Waals surface area contributed by atoms with Gasteiger partial charge in [-0.25, -0.2) is 4.79 Å². The Hall–Kier alpha value is -1.95. The Morgan fingerprint density at radius 1 is 1.08 bits per heavy atom. The maximum Gasteiger partial charge on any atom is 0.340 e. The summed E-state index contributed by atoms with van der Waals surface area (Å²) in [5, 5.41) is 3.41. The molecule has 2 aromatic rings. The molecule has 2 aromatic carbocycles. The van der Waals surface area contributed by atoms with E-state index in [0.29, 0.717) is 5.69 Å². The fraction of sp³-hybridized carbons (Fsp3) is 0.222. The normalized spacial score (nSPS) is 11.6. The van der Waals surface area contributed by atoms with E-state index in [1.807, 2.05) is 0 Å². The Morgan fingerprint density at radius 2 is 1.73 bits per heavy atom. The van der Waals surface area contributed by atoms with E-state index in [2.05, 4.69) is 5.32 Å². The summed E-state index contributed by atoms with van der Waals surface area (Å²) >= 11 is 17.9. The first kappa shape index (κ1) is 20.4. The van der Waals surface area contributed by atoms with Crippen molar-refractivity contribution in [1.82, 2.24) is 0 Å². The molecule has 8 heteroatoms. The SMILES string of the molecule is CCOC(=O)c1ccccc1NC(=O)[C@H](C)Oc1cc(Cl)c(Cl)cc1Cl. The molecule has 0 aliphatic rings. The number of carbonyl (C=O) groups is 2. The van der Waals surface area contributed by atoms with Gasteiger partial charge in [-0.1, -0.05) is 46.9 Å². The summed E-state index contributed by atoms with van der Waals surface area (Å²) in [7, 11) is 0. The van der Waals surface area contributed by atoms with E-state index in [4.69, 9.17) is 44.3 Å². The topological polar surface area (TPSA) is 64.6 Å². The second kappa shape index (κ2) is 9.12. The van der Waals surface area contributed by atoms with Gasteiger partial charge in [0.25, 0.3) is 5.91 Å². The number of hydrogen-bond acceptors (Lipinski definition) is 4. The summed E-state index contributed by atoms with van der Waals surface area (Å²) in [6.07, 6.45) is -0.903. The summed E-state index contributed by atoms with van der Waals surface area (Å²) < 4.78 is 10.5. The summed E-state index contributed by atoms with van der Waals surface area (Å²) in [5.74, 6) is -0.768. The molecule has 0 bridgehead atoms. The Morgan fingerprint density at radius 3 is 2.42 bits per heavy atom. The van der Waals surface area contributed by atoms with Crippen molar-refractivity contribution in [3.63, 3.8) is 0 Å². The minimum absolute atomic E-state index is 0.224. The summed E-state index contributed by atoms with van der Waals surface area (Å²) in [6, 6.07) is 9.40. The lowest BCUT2D eigenvalue weighted by Gasteiger charge is -2.17. The van der Waals surface area contributed by atoms with Crippen LogP contribution in [-0.2, 0) is 9.53 Å². The number of rotatable bonds is 6. The second-order valence-corrected chi connectivity index (χ2v) is 6.43. The Labute approximate surface area is 166 Å². The Balaban J connectivity index is 2.13. The summed E-state index contributed by atoms with van der Waals surface area (Å²) in [5.41, 5.74) is 0.578. The zero-order valence-electron chi connectivity index (χ0n) is 14.0. The van der Waals surface area contributed by atoms with E-state index < -0.39 is 18.0 Å². The maximum atomic E-state index is 12.4. The van der Waals surface area contributed by atoms with Gasteiger partial charge in [-0.15, -0.1) is 0 Å². The predicted octanol–water partition coefficient (Wildman–Crippen LogP) is 5.23. The van der Waals surface area contributed by atoms with Crippen LogP contribution >= 0.6 is 34.8 Å². The van der Waals surface area contributed by atoms with Crippen molar-refractivity contribution < 1.29 is 19.1 Å². The highest BCUT2D eigenvalue weighted by molar-refractivity contribution is 6.43. The smallest absolute Gasteiger partial charge is 0.340 e. The number of amides is 1. The number of anilines is 1. The van der Waals surface area contributed by atoms with Crippen LogP contribution in [0.3, 0.4) is 0 Å². The highest BCUT2D eigenvalue weighted by Gasteiger charge is 2.20. The molecule has 26 heavy (non-hydrogen) atoms. The minimum atomic E-state index is -0.903. The zero-order chi connectivity index (χ0) is 19.3. The molecule has 0 aliphatic heterocycles. The van der Waals surface area contributed by atoms with Gasteiger partial charge in [-0.05, 0) is 32.0 Å². The van der Waals surface area contributed by atoms with E-state index in [9.17, 15) is 9.59 Å². The van der Waals surface area contributed by atoms with Gasteiger partial charge in [-0.2, -0.15) is 0 Å². The molecule has 0 radical (unpaired) electrons. The fourth-order valence-electron chi connectivity index (χ4n) is 2.05. The molecule has 0 spiro atoms. The van der Waals surface area contributed by atoms with Gasteiger partial charge in [0.15, 0.2) is 6.10 Å². The number of benzene rings is 2. The van der Waals surface area contributed by atoms with Crippen LogP contribution in [0.4, 0.5) is 5.69 Å². The number of ether oxygens (including phenoxy) is 2. The number of esters is 1. The van der Waals surface area contributed by atoms with Crippen LogP contribution < -0.4 is 10.1 Å². The standard InChI is InChI=1S/C18H16Cl3NO4/c1-3-25-18(24)11-6-4-5-7-15(11)22-17(23)10(2)26-16-9-13(20)12(19)8-14(16)21/h4-10H,3H2,1-2H3,(H,22,23)/t10-/m0/s1. The predicted molar refractivity (Wildman–Crippen MR) is 103 cm³/mol. The highest BCUT2D eigenvalue weighted by Crippen LogP contribution is 2.34. The maximum absolute atomic E-state index is 12.4. The molecule has 0 heterocycles. The molecule has 0 unspecified atom stereocenters. The fourth-order valence-corrected chi connectivity index (χ4v) is 2.63. The van der Waals surface area contributed by atoms with Crippen molar-refractivity contribution in [3.8, 4) is 5.75 Å². The first-order valence-electron chi connectivity index (χ1n) is 7.71. The van der Waals surface area contributed by atoms with E-state index >= 15 is 0 Å². The lowest BCUT2D eigenvalue weighted by Crippen LogP contribution is -2.31. The minimum Gasteiger partial charge on any atom is -0.479 e. The number of nitrogens with one attached hydrogen (secondary N) is 1. The molecule has 0 saturated carbocycles. The van der Waals surface area contributed by atoms with E-state index in [-0.39, 0.29) is 33.0 Å². The van der Waals surface area contributed by atoms with Crippen LogP contribution in [0.1, 0.15) is 24.2 Å². The molecule has 5 nitrogen and oxygen atoms in total. The molecule has 1 N–H and O–H groups in total. The molecule has 0 aliphatic carbocycles. The third-order valence-corrected chi connectivity index (χ3v) is 4.35. The van der Waals surface area contributed by atoms with E-state index in [0.717, 1.165) is 0 Å². The molecule has 138 valence electrons. The molecule has 2 rings (SSSR count). The number of halogens is 3. The van der Waals surface area contributed by atoms with Crippen molar-refractivity contribution in [2.24, 2.45) is 0 Å². The van der Waals surface area contributed by atoms with Crippen molar-refractivity contribution in [1.29, 1.82) is 0 Å². The van der Waals surface area contributed by atoms with Crippen LogP contribution in [0.25, 0.3) is 0 Å². The second-order valence-electron chi connectivity index (χ2n) is 5.21. The van der Waals surface area contributed by atoms with Gasteiger partial charge in [-0.3, -0.25) is 4.79 Å². The Kier molecular flexibility index (Phi) is 7.14. The number of para-hydroxylation sites is 1. The van der Waals surface area contributed by atoms with Gasteiger partial charge < -0.3 is 14.8 Å². The van der Waals surface area contributed by atoms with Crippen molar-refractivity contribution in [3.05, 3.63) is 57.0 Å². The number of carbonyl (C=O) groups excluding carboxylic acids is 2. The van der Waals surface area contributed by atoms with Crippen LogP contribution in [0.2, 0.25) is 15.1 Å². The van der Waals surface area contributed by atoms with Crippen LogP contribution in [-0.4, -0.2) is 24.6 Å². The van der Waals surface area contributed by atoms with Gasteiger partial charge in [0.05, 0.1) is 32.9 Å². The zero-order valence-corrected chi connectivity index (χ0v) is 16.3. The molecular formula is C18H16Cl3NO4. The summed E-state index contributed by atoms with van der Waals surface area (Å²) in [4.78, 5) is 24.4. The first-order valence-corrected chi connectivity index (χ1v) is 8.85. The Bertz CT molecular complexity index is 826. The largest absolute Gasteiger partial charge is 0.479 e. The van der Waals surface area contributed by atoms with Crippen molar-refractivity contribution >= 4 is 52.4 Å². The molecule has 0 saturated heterocycles. The third-order valence-electron chi connectivity index (χ3n) is 3.33. The van der Waals surface area contributed by atoms with Gasteiger partial charge in [0.1, 0.15) is 5.75 Å². The number of hydrogen-bond donors (Lipinski definition) is 1. The highest BCUT2D eigenvalue weighted by atomic mass is 35.5. The van der Waals surface area contributed by atoms with E-state index in [1.165, 1.54) is 12.1 Å². The quantitative estimate of drug-likeness (QED) is 0.517. The van der Waals surface area contributed by atoms with Crippen molar-refractivity contribution in [2.45, 2.75) is 20.0 Å². The van der Waals surface area contributed by atoms with Crippen LogP contribution in [0.5, 0.6) is 5.75 Å². The molecule has 1 atom stereocenters. The molecular weight excluding hydrogens is 401 g/mol. The lowest BCUT2D eigenvalue weighted by atomic mass is 10.1. The average molecular weight is 417 g/mol. The van der Waals surface area contributed by atoms with Crippen LogP contribution in [0, 0.1) is 0 Å². The first-order chi connectivity index (χ1) is 12.3. The monoisotopic (exact) mass is 415 g/mol. The van der Waals surface area contributed by atoms with E-state index in [1.54, 1.807) is 38.1 Å². The van der Waals surface area contributed by atoms with Gasteiger partial charge in [0.2, 0.25) is 0 Å².